The molecule has 0 aliphatic carbocycles. The van der Waals surface area contributed by atoms with Crippen molar-refractivity contribution in [1.82, 2.24) is 10.2 Å². The van der Waals surface area contributed by atoms with Gasteiger partial charge in [-0.1, -0.05) is 6.92 Å². The van der Waals surface area contributed by atoms with Crippen molar-refractivity contribution in [1.29, 1.82) is 0 Å². The van der Waals surface area contributed by atoms with Crippen LogP contribution >= 0.6 is 0 Å². The molecule has 1 rings (SSSR count). The molecule has 0 radical (unpaired) electrons. The van der Waals surface area contributed by atoms with Gasteiger partial charge in [-0.3, -0.25) is 9.69 Å². The van der Waals surface area contributed by atoms with Gasteiger partial charge >= 0.3 is 0 Å². The zero-order valence-electron chi connectivity index (χ0n) is 11.4. The van der Waals surface area contributed by atoms with Crippen molar-refractivity contribution in [2.24, 2.45) is 5.73 Å². The van der Waals surface area contributed by atoms with Crippen LogP contribution in [0.15, 0.2) is 0 Å². The van der Waals surface area contributed by atoms with Gasteiger partial charge < -0.3 is 20.5 Å². The summed E-state index contributed by atoms with van der Waals surface area (Å²) in [5.41, 5.74) is 5.73. The highest BCUT2D eigenvalue weighted by Crippen LogP contribution is 2.03. The predicted molar refractivity (Wildman–Crippen MR) is 69.3 cm³/mol. The molecule has 1 saturated heterocycles. The van der Waals surface area contributed by atoms with Crippen LogP contribution < -0.4 is 11.1 Å². The second-order valence-corrected chi connectivity index (χ2v) is 4.52. The van der Waals surface area contributed by atoms with Crippen molar-refractivity contribution in [2.75, 3.05) is 46.5 Å². The van der Waals surface area contributed by atoms with Crippen LogP contribution in [0.3, 0.4) is 0 Å². The highest BCUT2D eigenvalue weighted by atomic mass is 16.5. The number of ether oxygens (including phenoxy) is 2. The molecule has 0 bridgehead atoms. The van der Waals surface area contributed by atoms with Gasteiger partial charge in [-0.05, 0) is 13.0 Å². The summed E-state index contributed by atoms with van der Waals surface area (Å²) in [6, 6.07) is -0.504. The summed E-state index contributed by atoms with van der Waals surface area (Å²) in [5, 5.41) is 2.83. The molecule has 1 fully saturated rings. The average molecular weight is 259 g/mol. The first-order valence-electron chi connectivity index (χ1n) is 6.53. The lowest BCUT2D eigenvalue weighted by Crippen LogP contribution is -2.50. The van der Waals surface area contributed by atoms with E-state index in [0.717, 1.165) is 26.2 Å². The number of nitrogens with two attached hydrogens (primary N) is 1. The van der Waals surface area contributed by atoms with Crippen molar-refractivity contribution >= 4 is 5.91 Å². The smallest absolute Gasteiger partial charge is 0.237 e. The van der Waals surface area contributed by atoms with Crippen LogP contribution in [0.2, 0.25) is 0 Å². The van der Waals surface area contributed by atoms with E-state index in [9.17, 15) is 4.79 Å². The fourth-order valence-corrected chi connectivity index (χ4v) is 1.91. The number of nitrogens with one attached hydrogen (secondary N) is 1. The van der Waals surface area contributed by atoms with E-state index in [0.29, 0.717) is 19.6 Å². The van der Waals surface area contributed by atoms with Crippen LogP contribution in [-0.2, 0) is 14.3 Å². The van der Waals surface area contributed by atoms with E-state index in [4.69, 9.17) is 15.2 Å². The van der Waals surface area contributed by atoms with Crippen LogP contribution in [0.5, 0.6) is 0 Å². The Bertz CT molecular complexity index is 251. The summed E-state index contributed by atoms with van der Waals surface area (Å²) in [6.45, 7) is 6.72. The SMILES string of the molecule is CCN1CCOC(CNC(=O)C(N)CCOC)C1. The van der Waals surface area contributed by atoms with E-state index in [2.05, 4.69) is 17.1 Å². The maximum absolute atomic E-state index is 11.7. The Morgan fingerprint density at radius 1 is 1.67 bits per heavy atom. The summed E-state index contributed by atoms with van der Waals surface area (Å²) in [6.07, 6.45) is 0.604. The zero-order valence-corrected chi connectivity index (χ0v) is 11.4. The van der Waals surface area contributed by atoms with Gasteiger partial charge in [0.05, 0.1) is 18.8 Å². The molecule has 1 amide bonds. The van der Waals surface area contributed by atoms with Crippen molar-refractivity contribution < 1.29 is 14.3 Å². The third-order valence-electron chi connectivity index (χ3n) is 3.14. The third-order valence-corrected chi connectivity index (χ3v) is 3.14. The van der Waals surface area contributed by atoms with E-state index >= 15 is 0 Å². The molecule has 0 spiro atoms. The van der Waals surface area contributed by atoms with Gasteiger partial charge in [0.2, 0.25) is 5.91 Å². The molecule has 0 aromatic rings. The van der Waals surface area contributed by atoms with Gasteiger partial charge in [-0.2, -0.15) is 0 Å². The first-order valence-corrected chi connectivity index (χ1v) is 6.53. The normalized spacial score (nSPS) is 22.7. The Labute approximate surface area is 109 Å². The van der Waals surface area contributed by atoms with Crippen LogP contribution in [0.25, 0.3) is 0 Å². The molecule has 0 saturated carbocycles. The zero-order chi connectivity index (χ0) is 13.4. The monoisotopic (exact) mass is 259 g/mol. The van der Waals surface area contributed by atoms with Crippen LogP contribution in [0, 0.1) is 0 Å². The minimum Gasteiger partial charge on any atom is -0.385 e. The lowest BCUT2D eigenvalue weighted by atomic mass is 10.2. The molecule has 6 nitrogen and oxygen atoms in total. The van der Waals surface area contributed by atoms with Gasteiger partial charge in [0.15, 0.2) is 0 Å². The van der Waals surface area contributed by atoms with Gasteiger partial charge in [0, 0.05) is 33.4 Å². The standard InChI is InChI=1S/C12H25N3O3/c1-3-15-5-7-18-10(9-15)8-14-12(16)11(13)4-6-17-2/h10-11H,3-9,13H2,1-2H3,(H,14,16). The molecule has 106 valence electrons. The van der Waals surface area contributed by atoms with Gasteiger partial charge in [0.25, 0.3) is 0 Å². The maximum Gasteiger partial charge on any atom is 0.237 e. The number of morpholine rings is 1. The Morgan fingerprint density at radius 3 is 3.11 bits per heavy atom. The Morgan fingerprint density at radius 2 is 2.44 bits per heavy atom. The molecule has 2 atom stereocenters. The molecular formula is C12H25N3O3. The number of hydrogen-bond donors (Lipinski definition) is 2. The fourth-order valence-electron chi connectivity index (χ4n) is 1.91. The van der Waals surface area contributed by atoms with Crippen LogP contribution in [0.1, 0.15) is 13.3 Å². The van der Waals surface area contributed by atoms with Gasteiger partial charge in [-0.25, -0.2) is 0 Å². The molecule has 1 aliphatic heterocycles. The summed E-state index contributed by atoms with van der Waals surface area (Å²) in [7, 11) is 1.60. The summed E-state index contributed by atoms with van der Waals surface area (Å²) >= 11 is 0. The van der Waals surface area contributed by atoms with Crippen LogP contribution in [-0.4, -0.2) is 69.5 Å². The highest BCUT2D eigenvalue weighted by Gasteiger charge is 2.21. The van der Waals surface area contributed by atoms with E-state index < -0.39 is 6.04 Å². The van der Waals surface area contributed by atoms with E-state index in [1.54, 1.807) is 7.11 Å². The number of nitrogens with zero attached hydrogens (tertiary/aromatic N) is 1. The number of carbonyl (C=O) groups is 1. The summed E-state index contributed by atoms with van der Waals surface area (Å²) in [5.74, 6) is -0.135. The molecule has 3 N–H and O–H groups in total. The van der Waals surface area contributed by atoms with E-state index in [-0.39, 0.29) is 12.0 Å². The maximum atomic E-state index is 11.7. The number of hydrogen-bond acceptors (Lipinski definition) is 5. The second kappa shape index (κ2) is 8.42. The minimum atomic E-state index is -0.504. The Balaban J connectivity index is 2.21. The average Bonchev–Trinajstić information content (AvgIpc) is 2.42. The van der Waals surface area contributed by atoms with Crippen molar-refractivity contribution in [3.63, 3.8) is 0 Å². The van der Waals surface area contributed by atoms with E-state index in [1.165, 1.54) is 0 Å². The first-order chi connectivity index (χ1) is 8.67. The minimum absolute atomic E-state index is 0.0669. The summed E-state index contributed by atoms with van der Waals surface area (Å²) < 4.78 is 10.5. The quantitative estimate of drug-likeness (QED) is 0.625. The molecular weight excluding hydrogens is 234 g/mol. The molecule has 6 heteroatoms. The van der Waals surface area contributed by atoms with Crippen LogP contribution in [0.4, 0.5) is 0 Å². The third kappa shape index (κ3) is 5.30. The number of rotatable bonds is 7. The molecule has 2 unspecified atom stereocenters. The van der Waals surface area contributed by atoms with Crippen molar-refractivity contribution in [3.8, 4) is 0 Å². The van der Waals surface area contributed by atoms with E-state index in [1.807, 2.05) is 0 Å². The Hall–Kier alpha value is -0.690. The second-order valence-electron chi connectivity index (χ2n) is 4.52. The predicted octanol–water partition coefficient (Wildman–Crippen LogP) is -0.813. The molecule has 0 aromatic carbocycles. The number of likely N-dealkylation sites (N-methyl/N-ethyl adjacent to an activating group) is 1. The highest BCUT2D eigenvalue weighted by molar-refractivity contribution is 5.81. The first kappa shape index (κ1) is 15.4. The van der Waals surface area contributed by atoms with Gasteiger partial charge in [0.1, 0.15) is 0 Å². The number of amides is 1. The molecule has 0 aromatic heterocycles. The Kier molecular flexibility index (Phi) is 7.19. The van der Waals surface area contributed by atoms with Crippen molar-refractivity contribution in [2.45, 2.75) is 25.5 Å². The number of carbonyl (C=O) groups excluding carboxylic acids is 1. The lowest BCUT2D eigenvalue weighted by Gasteiger charge is -2.32. The molecule has 18 heavy (non-hydrogen) atoms. The lowest BCUT2D eigenvalue weighted by molar-refractivity contribution is -0.123. The molecule has 1 heterocycles. The number of methoxy groups -OCH3 is 1. The largest absolute Gasteiger partial charge is 0.385 e. The fraction of sp³-hybridized carbons (Fsp3) is 0.917. The van der Waals surface area contributed by atoms with Gasteiger partial charge in [-0.15, -0.1) is 0 Å². The van der Waals surface area contributed by atoms with Crippen molar-refractivity contribution in [3.05, 3.63) is 0 Å². The molecule has 1 aliphatic rings. The summed E-state index contributed by atoms with van der Waals surface area (Å²) in [4.78, 5) is 14.0. The topological polar surface area (TPSA) is 76.8 Å².